The maximum atomic E-state index is 10.8. The number of sulfonamides is 1. The molecule has 0 fully saturated rings. The molecule has 0 aliphatic heterocycles. The highest BCUT2D eigenvalue weighted by molar-refractivity contribution is 7.99. The van der Waals surface area contributed by atoms with Crippen molar-refractivity contribution >= 4 is 27.6 Å². The van der Waals surface area contributed by atoms with Crippen molar-refractivity contribution in [2.24, 2.45) is 5.14 Å². The first-order chi connectivity index (χ1) is 8.85. The second kappa shape index (κ2) is 5.43. The maximum Gasteiger partial charge on any atom is 0.253 e. The number of aromatic nitrogens is 4. The summed E-state index contributed by atoms with van der Waals surface area (Å²) in [7, 11) is -3.39. The summed E-state index contributed by atoms with van der Waals surface area (Å²) >= 11 is 1.40. The standard InChI is InChI=1S/C10H15N5O2S2/c1-7-6-8(2)15-9(12-7)13-10(14-15)18-4-3-5-19(11,16)17/h6H,3-5H2,1-2H3,(H2,11,16,17). The van der Waals surface area contributed by atoms with E-state index < -0.39 is 10.0 Å². The minimum absolute atomic E-state index is 0.0241. The predicted molar refractivity (Wildman–Crippen MR) is 73.6 cm³/mol. The van der Waals surface area contributed by atoms with Gasteiger partial charge in [-0.05, 0) is 26.3 Å². The van der Waals surface area contributed by atoms with Gasteiger partial charge in [-0.25, -0.2) is 23.1 Å². The first kappa shape index (κ1) is 14.2. The Bertz CT molecular complexity index is 695. The zero-order valence-electron chi connectivity index (χ0n) is 10.7. The van der Waals surface area contributed by atoms with Gasteiger partial charge >= 0.3 is 0 Å². The van der Waals surface area contributed by atoms with E-state index in [1.54, 1.807) is 4.52 Å². The summed E-state index contributed by atoms with van der Waals surface area (Å²) < 4.78 is 23.3. The summed E-state index contributed by atoms with van der Waals surface area (Å²) in [6.07, 6.45) is 0.477. The number of thioether (sulfide) groups is 1. The second-order valence-electron chi connectivity index (χ2n) is 4.21. The van der Waals surface area contributed by atoms with E-state index in [1.165, 1.54) is 11.8 Å². The summed E-state index contributed by atoms with van der Waals surface area (Å²) in [6, 6.07) is 1.93. The van der Waals surface area contributed by atoms with Gasteiger partial charge in [0.15, 0.2) is 0 Å². The topological polar surface area (TPSA) is 103 Å². The van der Waals surface area contributed by atoms with Crippen LogP contribution < -0.4 is 5.14 Å². The van der Waals surface area contributed by atoms with Crippen LogP contribution in [0.2, 0.25) is 0 Å². The van der Waals surface area contributed by atoms with Crippen LogP contribution in [0.3, 0.4) is 0 Å². The van der Waals surface area contributed by atoms with Crippen LogP contribution >= 0.6 is 11.8 Å². The molecule has 0 amide bonds. The fourth-order valence-corrected chi connectivity index (χ4v) is 3.12. The largest absolute Gasteiger partial charge is 0.253 e. The van der Waals surface area contributed by atoms with Crippen LogP contribution in [0.15, 0.2) is 11.2 Å². The van der Waals surface area contributed by atoms with Crippen LogP contribution in [0.25, 0.3) is 5.78 Å². The van der Waals surface area contributed by atoms with Crippen molar-refractivity contribution in [3.8, 4) is 0 Å². The summed E-state index contributed by atoms with van der Waals surface area (Å²) in [5, 5.41) is 9.84. The lowest BCUT2D eigenvalue weighted by molar-refractivity contribution is 0.596. The van der Waals surface area contributed by atoms with E-state index in [1.807, 2.05) is 19.9 Å². The van der Waals surface area contributed by atoms with Crippen molar-refractivity contribution in [1.29, 1.82) is 0 Å². The lowest BCUT2D eigenvalue weighted by Gasteiger charge is -1.97. The molecule has 9 heteroatoms. The summed E-state index contributed by atoms with van der Waals surface area (Å²) in [5.41, 5.74) is 1.86. The Hall–Kier alpha value is -1.19. The normalized spacial score (nSPS) is 12.2. The van der Waals surface area contributed by atoms with Gasteiger partial charge in [0.05, 0.1) is 5.75 Å². The van der Waals surface area contributed by atoms with Crippen LogP contribution in [0.5, 0.6) is 0 Å². The van der Waals surface area contributed by atoms with Crippen molar-refractivity contribution in [3.05, 3.63) is 17.5 Å². The molecule has 0 unspecified atom stereocenters. The Kier molecular flexibility index (Phi) is 4.07. The smallest absolute Gasteiger partial charge is 0.229 e. The average Bonchev–Trinajstić information content (AvgIpc) is 2.66. The molecule has 0 radical (unpaired) electrons. The van der Waals surface area contributed by atoms with Crippen molar-refractivity contribution in [3.63, 3.8) is 0 Å². The lowest BCUT2D eigenvalue weighted by atomic mass is 10.4. The molecule has 104 valence electrons. The molecule has 0 aliphatic carbocycles. The molecule has 2 aromatic rings. The number of hydrogen-bond acceptors (Lipinski definition) is 6. The summed E-state index contributed by atoms with van der Waals surface area (Å²) in [4.78, 5) is 8.58. The van der Waals surface area contributed by atoms with Gasteiger partial charge in [0.1, 0.15) is 0 Å². The van der Waals surface area contributed by atoms with Crippen LogP contribution in [-0.2, 0) is 10.0 Å². The predicted octanol–water partition coefficient (Wildman–Crippen LogP) is 0.512. The third kappa shape index (κ3) is 3.88. The monoisotopic (exact) mass is 301 g/mol. The fraction of sp³-hybridized carbons (Fsp3) is 0.500. The quantitative estimate of drug-likeness (QED) is 0.637. The van der Waals surface area contributed by atoms with E-state index in [0.717, 1.165) is 11.4 Å². The molecule has 0 spiro atoms. The molecule has 2 heterocycles. The Labute approximate surface area is 115 Å². The third-order valence-corrected chi connectivity index (χ3v) is 4.18. The minimum Gasteiger partial charge on any atom is -0.229 e. The number of nitrogens with zero attached hydrogens (tertiary/aromatic N) is 4. The Morgan fingerprint density at radius 2 is 2.11 bits per heavy atom. The number of hydrogen-bond donors (Lipinski definition) is 1. The van der Waals surface area contributed by atoms with E-state index in [9.17, 15) is 8.42 Å². The van der Waals surface area contributed by atoms with Gasteiger partial charge in [0.25, 0.3) is 5.78 Å². The zero-order valence-corrected chi connectivity index (χ0v) is 12.3. The molecule has 0 saturated heterocycles. The SMILES string of the molecule is Cc1cc(C)n2nc(SCCCS(N)(=O)=O)nc2n1. The molecule has 2 rings (SSSR count). The lowest BCUT2D eigenvalue weighted by Crippen LogP contribution is -2.16. The number of aryl methyl sites for hydroxylation is 2. The van der Waals surface area contributed by atoms with Crippen molar-refractivity contribution in [2.45, 2.75) is 25.4 Å². The maximum absolute atomic E-state index is 10.8. The van der Waals surface area contributed by atoms with Crippen LogP contribution in [-0.4, -0.2) is 39.5 Å². The molecule has 19 heavy (non-hydrogen) atoms. The van der Waals surface area contributed by atoms with Gasteiger partial charge in [-0.3, -0.25) is 0 Å². The zero-order chi connectivity index (χ0) is 14.0. The second-order valence-corrected chi connectivity index (χ2v) is 7.01. The number of fused-ring (bicyclic) bond motifs is 1. The minimum atomic E-state index is -3.39. The first-order valence-corrected chi connectivity index (χ1v) is 8.39. The Morgan fingerprint density at radius 1 is 1.37 bits per heavy atom. The molecule has 0 aromatic carbocycles. The molecule has 2 N–H and O–H groups in total. The van der Waals surface area contributed by atoms with Gasteiger partial charge in [-0.2, -0.15) is 4.98 Å². The molecule has 0 saturated carbocycles. The van der Waals surface area contributed by atoms with Gasteiger partial charge in [0.2, 0.25) is 15.2 Å². The van der Waals surface area contributed by atoms with E-state index in [4.69, 9.17) is 5.14 Å². The highest BCUT2D eigenvalue weighted by Gasteiger charge is 2.09. The van der Waals surface area contributed by atoms with Crippen LogP contribution in [0.4, 0.5) is 0 Å². The van der Waals surface area contributed by atoms with Gasteiger partial charge in [-0.1, -0.05) is 11.8 Å². The van der Waals surface area contributed by atoms with E-state index in [0.29, 0.717) is 23.1 Å². The van der Waals surface area contributed by atoms with E-state index in [-0.39, 0.29) is 5.75 Å². The average molecular weight is 301 g/mol. The van der Waals surface area contributed by atoms with E-state index >= 15 is 0 Å². The fourth-order valence-electron chi connectivity index (χ4n) is 1.63. The van der Waals surface area contributed by atoms with Gasteiger partial charge < -0.3 is 0 Å². The highest BCUT2D eigenvalue weighted by Crippen LogP contribution is 2.16. The number of rotatable bonds is 5. The van der Waals surface area contributed by atoms with E-state index in [2.05, 4.69) is 15.1 Å². The summed E-state index contributed by atoms with van der Waals surface area (Å²) in [6.45, 7) is 3.84. The van der Waals surface area contributed by atoms with Gasteiger partial charge in [-0.15, -0.1) is 5.10 Å². The third-order valence-electron chi connectivity index (χ3n) is 2.40. The van der Waals surface area contributed by atoms with Crippen molar-refractivity contribution in [1.82, 2.24) is 19.6 Å². The van der Waals surface area contributed by atoms with Crippen LogP contribution in [0, 0.1) is 13.8 Å². The molecular weight excluding hydrogens is 286 g/mol. The Morgan fingerprint density at radius 3 is 2.79 bits per heavy atom. The molecule has 2 aromatic heterocycles. The molecule has 0 aliphatic rings. The highest BCUT2D eigenvalue weighted by atomic mass is 32.2. The molecule has 0 bridgehead atoms. The Balaban J connectivity index is 2.04. The molecular formula is C10H15N5O2S2. The summed E-state index contributed by atoms with van der Waals surface area (Å²) in [5.74, 6) is 1.14. The van der Waals surface area contributed by atoms with Crippen molar-refractivity contribution < 1.29 is 8.42 Å². The number of primary sulfonamides is 1. The van der Waals surface area contributed by atoms with Crippen LogP contribution in [0.1, 0.15) is 17.8 Å². The van der Waals surface area contributed by atoms with Crippen molar-refractivity contribution in [2.75, 3.05) is 11.5 Å². The van der Waals surface area contributed by atoms with Gasteiger partial charge in [0, 0.05) is 17.1 Å². The molecule has 7 nitrogen and oxygen atoms in total. The number of nitrogens with two attached hydrogens (primary N) is 1. The first-order valence-electron chi connectivity index (χ1n) is 5.69. The molecule has 0 atom stereocenters.